The molecule has 0 amide bonds. The Bertz CT molecular complexity index is 347. The van der Waals surface area contributed by atoms with Crippen molar-refractivity contribution in [2.24, 2.45) is 10.8 Å². The van der Waals surface area contributed by atoms with E-state index in [0.717, 1.165) is 4.91 Å². The summed E-state index contributed by atoms with van der Waals surface area (Å²) >= 11 is 1.65. The Morgan fingerprint density at radius 3 is 2.00 bits per heavy atom. The number of rotatable bonds is 2. The number of ether oxygens (including phenoxy) is 1. The Kier molecular flexibility index (Phi) is 4.73. The molecule has 0 saturated heterocycles. The third-order valence-electron chi connectivity index (χ3n) is 2.90. The standard InChI is InChI=1S/C14H23F3OS/c1-12(2,3)10-7-9(18-8-14(15,16)17)11(19-10)13(4,5)6/h7,9,11H,8H2,1-6H3. The molecule has 2 atom stereocenters. The van der Waals surface area contributed by atoms with E-state index in [9.17, 15) is 13.2 Å². The Labute approximate surface area is 118 Å². The molecule has 0 aliphatic carbocycles. The first-order valence-electron chi connectivity index (χ1n) is 6.38. The average molecular weight is 296 g/mol. The minimum atomic E-state index is -4.27. The lowest BCUT2D eigenvalue weighted by Crippen LogP contribution is -2.35. The predicted octanol–water partition coefficient (Wildman–Crippen LogP) is 5.03. The fourth-order valence-electron chi connectivity index (χ4n) is 1.90. The molecule has 0 saturated carbocycles. The second kappa shape index (κ2) is 5.32. The number of alkyl halides is 3. The highest BCUT2D eigenvalue weighted by atomic mass is 32.2. The highest BCUT2D eigenvalue weighted by Gasteiger charge is 2.42. The van der Waals surface area contributed by atoms with Gasteiger partial charge in [-0.25, -0.2) is 0 Å². The summed E-state index contributed by atoms with van der Waals surface area (Å²) in [6, 6.07) is 0. The molecule has 19 heavy (non-hydrogen) atoms. The summed E-state index contributed by atoms with van der Waals surface area (Å²) in [6.45, 7) is 11.1. The van der Waals surface area contributed by atoms with Gasteiger partial charge in [-0.05, 0) is 21.8 Å². The summed E-state index contributed by atoms with van der Waals surface area (Å²) in [7, 11) is 0. The molecule has 0 bridgehead atoms. The fraction of sp³-hybridized carbons (Fsp3) is 0.857. The van der Waals surface area contributed by atoms with Gasteiger partial charge in [0.2, 0.25) is 0 Å². The first kappa shape index (κ1) is 16.9. The van der Waals surface area contributed by atoms with Crippen molar-refractivity contribution < 1.29 is 17.9 Å². The summed E-state index contributed by atoms with van der Waals surface area (Å²) in [5.41, 5.74) is -0.158. The number of hydrogen-bond donors (Lipinski definition) is 0. The van der Waals surface area contributed by atoms with E-state index in [1.54, 1.807) is 11.8 Å². The molecule has 1 aliphatic heterocycles. The van der Waals surface area contributed by atoms with Crippen LogP contribution < -0.4 is 0 Å². The maximum Gasteiger partial charge on any atom is 0.411 e. The van der Waals surface area contributed by atoms with Crippen molar-refractivity contribution >= 4 is 11.8 Å². The minimum absolute atomic E-state index is 0.0177. The first-order valence-corrected chi connectivity index (χ1v) is 7.26. The van der Waals surface area contributed by atoms with Gasteiger partial charge in [-0.1, -0.05) is 41.5 Å². The van der Waals surface area contributed by atoms with Crippen molar-refractivity contribution in [2.45, 2.75) is 59.1 Å². The van der Waals surface area contributed by atoms with E-state index in [1.807, 2.05) is 26.8 Å². The SMILES string of the molecule is CC(C)(C)C1=CC(OCC(F)(F)F)C(C(C)(C)C)S1. The lowest BCUT2D eigenvalue weighted by molar-refractivity contribution is -0.182. The van der Waals surface area contributed by atoms with Gasteiger partial charge >= 0.3 is 6.18 Å². The molecule has 0 N–H and O–H groups in total. The van der Waals surface area contributed by atoms with Gasteiger partial charge in [0.1, 0.15) is 6.61 Å². The van der Waals surface area contributed by atoms with Crippen LogP contribution in [0.25, 0.3) is 0 Å². The first-order chi connectivity index (χ1) is 8.31. The van der Waals surface area contributed by atoms with Crippen LogP contribution in [0, 0.1) is 10.8 Å². The molecule has 112 valence electrons. The molecule has 0 spiro atoms. The van der Waals surface area contributed by atoms with Crippen LogP contribution in [0.5, 0.6) is 0 Å². The molecule has 2 unspecified atom stereocenters. The smallest absolute Gasteiger partial charge is 0.364 e. The largest absolute Gasteiger partial charge is 0.411 e. The normalized spacial score (nSPS) is 25.6. The minimum Gasteiger partial charge on any atom is -0.364 e. The summed E-state index contributed by atoms with van der Waals surface area (Å²) < 4.78 is 42.0. The third kappa shape index (κ3) is 5.03. The van der Waals surface area contributed by atoms with Gasteiger partial charge in [0.25, 0.3) is 0 Å². The second-order valence-electron chi connectivity index (χ2n) is 7.08. The molecule has 0 fully saturated rings. The van der Waals surface area contributed by atoms with Crippen LogP contribution >= 0.6 is 11.8 Å². The van der Waals surface area contributed by atoms with Crippen molar-refractivity contribution in [3.8, 4) is 0 Å². The zero-order valence-electron chi connectivity index (χ0n) is 12.4. The molecule has 1 nitrogen and oxygen atoms in total. The summed E-state index contributed by atoms with van der Waals surface area (Å²) in [5, 5.41) is 0.0177. The Hall–Kier alpha value is -0.160. The van der Waals surface area contributed by atoms with Crippen molar-refractivity contribution in [1.82, 2.24) is 0 Å². The second-order valence-corrected chi connectivity index (χ2v) is 8.26. The summed E-state index contributed by atoms with van der Waals surface area (Å²) in [6.07, 6.45) is -2.88. The lowest BCUT2D eigenvalue weighted by Gasteiger charge is -2.32. The molecule has 1 heterocycles. The Balaban J connectivity index is 2.85. The van der Waals surface area contributed by atoms with Gasteiger partial charge in [-0.2, -0.15) is 13.2 Å². The van der Waals surface area contributed by atoms with Crippen LogP contribution in [-0.4, -0.2) is 24.1 Å². The van der Waals surface area contributed by atoms with Gasteiger partial charge < -0.3 is 4.74 Å². The van der Waals surface area contributed by atoms with Crippen LogP contribution in [0.4, 0.5) is 13.2 Å². The Morgan fingerprint density at radius 2 is 1.63 bits per heavy atom. The predicted molar refractivity (Wildman–Crippen MR) is 74.2 cm³/mol. The van der Waals surface area contributed by atoms with Gasteiger partial charge in [-0.3, -0.25) is 0 Å². The van der Waals surface area contributed by atoms with Crippen LogP contribution in [0.1, 0.15) is 41.5 Å². The van der Waals surface area contributed by atoms with Gasteiger partial charge in [-0.15, -0.1) is 11.8 Å². The number of halogens is 3. The monoisotopic (exact) mass is 296 g/mol. The molecule has 5 heteroatoms. The maximum absolute atomic E-state index is 12.3. The molecule has 0 aromatic heterocycles. The van der Waals surface area contributed by atoms with E-state index in [4.69, 9.17) is 4.74 Å². The summed E-state index contributed by atoms with van der Waals surface area (Å²) in [5.74, 6) is 0. The van der Waals surface area contributed by atoms with E-state index in [-0.39, 0.29) is 16.1 Å². The zero-order chi connectivity index (χ0) is 15.1. The average Bonchev–Trinajstić information content (AvgIpc) is 2.55. The fourth-order valence-corrected chi connectivity index (χ4v) is 3.39. The lowest BCUT2D eigenvalue weighted by atomic mass is 9.87. The van der Waals surface area contributed by atoms with Crippen molar-refractivity contribution in [1.29, 1.82) is 0 Å². The van der Waals surface area contributed by atoms with E-state index < -0.39 is 18.9 Å². The van der Waals surface area contributed by atoms with Gasteiger partial charge in [0, 0.05) is 5.25 Å². The van der Waals surface area contributed by atoms with Crippen LogP contribution in [-0.2, 0) is 4.74 Å². The van der Waals surface area contributed by atoms with Gasteiger partial charge in [0.05, 0.1) is 6.10 Å². The Morgan fingerprint density at radius 1 is 1.11 bits per heavy atom. The molecular weight excluding hydrogens is 273 g/mol. The van der Waals surface area contributed by atoms with E-state index in [2.05, 4.69) is 20.8 Å². The topological polar surface area (TPSA) is 9.23 Å². The number of hydrogen-bond acceptors (Lipinski definition) is 2. The van der Waals surface area contributed by atoms with E-state index in [0.29, 0.717) is 0 Å². The van der Waals surface area contributed by atoms with E-state index >= 15 is 0 Å². The molecule has 0 aromatic rings. The third-order valence-corrected chi connectivity index (χ3v) is 5.13. The van der Waals surface area contributed by atoms with Crippen LogP contribution in [0.3, 0.4) is 0 Å². The maximum atomic E-state index is 12.3. The quantitative estimate of drug-likeness (QED) is 0.707. The molecule has 0 aromatic carbocycles. The molecule has 0 radical (unpaired) electrons. The highest BCUT2D eigenvalue weighted by molar-refractivity contribution is 8.04. The zero-order valence-corrected chi connectivity index (χ0v) is 13.2. The molecular formula is C14H23F3OS. The van der Waals surface area contributed by atoms with Crippen LogP contribution in [0.15, 0.2) is 11.0 Å². The summed E-state index contributed by atoms with van der Waals surface area (Å²) in [4.78, 5) is 1.11. The van der Waals surface area contributed by atoms with Gasteiger partial charge in [0.15, 0.2) is 0 Å². The van der Waals surface area contributed by atoms with Crippen LogP contribution in [0.2, 0.25) is 0 Å². The van der Waals surface area contributed by atoms with Crippen molar-refractivity contribution in [3.63, 3.8) is 0 Å². The van der Waals surface area contributed by atoms with E-state index in [1.165, 1.54) is 0 Å². The molecule has 1 rings (SSSR count). The van der Waals surface area contributed by atoms with Crippen molar-refractivity contribution in [2.75, 3.05) is 6.61 Å². The molecule has 1 aliphatic rings. The number of thioether (sulfide) groups is 1. The van der Waals surface area contributed by atoms with Crippen molar-refractivity contribution in [3.05, 3.63) is 11.0 Å². The highest BCUT2D eigenvalue weighted by Crippen LogP contribution is 2.49. The number of allylic oxidation sites excluding steroid dienone is 1.